The number of hydrogen-bond donors (Lipinski definition) is 1. The fraction of sp³-hybridized carbons (Fsp3) is 0.500. The van der Waals surface area contributed by atoms with Crippen LogP contribution in [0.5, 0.6) is 0 Å². The molecule has 0 spiro atoms. The summed E-state index contributed by atoms with van der Waals surface area (Å²) >= 11 is 0. The van der Waals surface area contributed by atoms with Crippen molar-refractivity contribution in [1.82, 2.24) is 5.32 Å². The molecule has 0 bridgehead atoms. The standard InChI is InChI=1S/C14H18N2O3/c1-10(13-7-2-3-8-15-13)14(17)11-5-4-6-12(9-11)16(18)19/h4-6,9-10,13,15H,2-3,7-8H2,1H3. The number of nitro groups is 1. The summed E-state index contributed by atoms with van der Waals surface area (Å²) in [6, 6.07) is 6.16. The third kappa shape index (κ3) is 3.17. The van der Waals surface area contributed by atoms with Gasteiger partial charge in [-0.3, -0.25) is 14.9 Å². The van der Waals surface area contributed by atoms with Crippen LogP contribution >= 0.6 is 0 Å². The molecule has 102 valence electrons. The Bertz CT molecular complexity index is 481. The van der Waals surface area contributed by atoms with Crippen LogP contribution in [0.4, 0.5) is 5.69 Å². The highest BCUT2D eigenvalue weighted by Gasteiger charge is 2.26. The Balaban J connectivity index is 2.14. The van der Waals surface area contributed by atoms with Crippen molar-refractivity contribution in [1.29, 1.82) is 0 Å². The van der Waals surface area contributed by atoms with Gasteiger partial charge in [0.25, 0.3) is 5.69 Å². The Morgan fingerprint density at radius 2 is 2.26 bits per heavy atom. The van der Waals surface area contributed by atoms with Gasteiger partial charge in [0.05, 0.1) is 4.92 Å². The highest BCUT2D eigenvalue weighted by molar-refractivity contribution is 5.98. The number of ketones is 1. The second kappa shape index (κ2) is 5.93. The van der Waals surface area contributed by atoms with Crippen LogP contribution < -0.4 is 5.32 Å². The summed E-state index contributed by atoms with van der Waals surface area (Å²) in [5, 5.41) is 14.1. The van der Waals surface area contributed by atoms with Crippen molar-refractivity contribution in [3.05, 3.63) is 39.9 Å². The summed E-state index contributed by atoms with van der Waals surface area (Å²) in [6.07, 6.45) is 3.26. The van der Waals surface area contributed by atoms with E-state index in [0.717, 1.165) is 25.8 Å². The number of nitrogens with one attached hydrogen (secondary N) is 1. The fourth-order valence-electron chi connectivity index (χ4n) is 2.52. The van der Waals surface area contributed by atoms with E-state index in [2.05, 4.69) is 5.32 Å². The Morgan fingerprint density at radius 3 is 2.89 bits per heavy atom. The molecular formula is C14H18N2O3. The number of nitrogens with zero attached hydrogens (tertiary/aromatic N) is 1. The molecule has 1 N–H and O–H groups in total. The molecule has 0 aliphatic carbocycles. The first-order chi connectivity index (χ1) is 9.09. The summed E-state index contributed by atoms with van der Waals surface area (Å²) < 4.78 is 0. The number of rotatable bonds is 4. The first-order valence-electron chi connectivity index (χ1n) is 6.61. The highest BCUT2D eigenvalue weighted by atomic mass is 16.6. The van der Waals surface area contributed by atoms with Crippen LogP contribution in [-0.2, 0) is 0 Å². The van der Waals surface area contributed by atoms with E-state index in [9.17, 15) is 14.9 Å². The lowest BCUT2D eigenvalue weighted by Gasteiger charge is -2.28. The normalized spacial score (nSPS) is 20.8. The molecule has 1 saturated heterocycles. The van der Waals surface area contributed by atoms with Gasteiger partial charge in [-0.25, -0.2) is 0 Å². The van der Waals surface area contributed by atoms with Crippen LogP contribution in [0.1, 0.15) is 36.5 Å². The third-order valence-electron chi connectivity index (χ3n) is 3.71. The molecule has 2 rings (SSSR count). The lowest BCUT2D eigenvalue weighted by molar-refractivity contribution is -0.384. The monoisotopic (exact) mass is 262 g/mol. The Kier molecular flexibility index (Phi) is 4.27. The zero-order valence-electron chi connectivity index (χ0n) is 11.0. The Hall–Kier alpha value is -1.75. The molecule has 0 amide bonds. The van der Waals surface area contributed by atoms with Crippen molar-refractivity contribution in [3.63, 3.8) is 0 Å². The van der Waals surface area contributed by atoms with E-state index in [1.54, 1.807) is 12.1 Å². The number of carbonyl (C=O) groups excluding carboxylic acids is 1. The van der Waals surface area contributed by atoms with Gasteiger partial charge in [0, 0.05) is 29.7 Å². The predicted octanol–water partition coefficient (Wildman–Crippen LogP) is 2.56. The average Bonchev–Trinajstić information content (AvgIpc) is 2.46. The number of carbonyl (C=O) groups is 1. The molecule has 2 unspecified atom stereocenters. The largest absolute Gasteiger partial charge is 0.313 e. The minimum absolute atomic E-state index is 0.0249. The van der Waals surface area contributed by atoms with E-state index in [1.807, 2.05) is 6.92 Å². The summed E-state index contributed by atoms with van der Waals surface area (Å²) in [5.74, 6) is -0.176. The van der Waals surface area contributed by atoms with Crippen LogP contribution in [0.15, 0.2) is 24.3 Å². The molecule has 1 fully saturated rings. The Morgan fingerprint density at radius 1 is 1.47 bits per heavy atom. The molecule has 5 nitrogen and oxygen atoms in total. The van der Waals surface area contributed by atoms with Gasteiger partial charge in [0.1, 0.15) is 0 Å². The number of benzene rings is 1. The van der Waals surface area contributed by atoms with Crippen molar-refractivity contribution in [2.45, 2.75) is 32.2 Å². The van der Waals surface area contributed by atoms with Gasteiger partial charge in [-0.2, -0.15) is 0 Å². The van der Waals surface area contributed by atoms with Gasteiger partial charge in [0.15, 0.2) is 5.78 Å². The molecule has 0 aromatic heterocycles. The smallest absolute Gasteiger partial charge is 0.270 e. The van der Waals surface area contributed by atoms with Crippen molar-refractivity contribution in [2.75, 3.05) is 6.54 Å². The summed E-state index contributed by atoms with van der Waals surface area (Å²) in [7, 11) is 0. The predicted molar refractivity (Wildman–Crippen MR) is 72.2 cm³/mol. The van der Waals surface area contributed by atoms with E-state index in [0.29, 0.717) is 5.56 Å². The van der Waals surface area contributed by atoms with E-state index in [4.69, 9.17) is 0 Å². The molecule has 1 aromatic carbocycles. The molecule has 1 heterocycles. The van der Waals surface area contributed by atoms with Crippen molar-refractivity contribution >= 4 is 11.5 Å². The quantitative estimate of drug-likeness (QED) is 0.514. The zero-order chi connectivity index (χ0) is 13.8. The molecule has 0 saturated carbocycles. The van der Waals surface area contributed by atoms with Gasteiger partial charge in [0.2, 0.25) is 0 Å². The first-order valence-corrected chi connectivity index (χ1v) is 6.61. The van der Waals surface area contributed by atoms with Gasteiger partial charge in [-0.1, -0.05) is 25.5 Å². The average molecular weight is 262 g/mol. The van der Waals surface area contributed by atoms with Crippen molar-refractivity contribution in [2.24, 2.45) is 5.92 Å². The zero-order valence-corrected chi connectivity index (χ0v) is 11.0. The van der Waals surface area contributed by atoms with Gasteiger partial charge in [-0.05, 0) is 19.4 Å². The second-order valence-electron chi connectivity index (χ2n) is 5.02. The number of nitro benzene ring substituents is 1. The molecule has 1 aliphatic rings. The number of hydrogen-bond acceptors (Lipinski definition) is 4. The summed E-state index contributed by atoms with van der Waals surface area (Å²) in [4.78, 5) is 22.6. The molecular weight excluding hydrogens is 244 g/mol. The second-order valence-corrected chi connectivity index (χ2v) is 5.02. The van der Waals surface area contributed by atoms with Crippen LogP contribution in [0.3, 0.4) is 0 Å². The van der Waals surface area contributed by atoms with E-state index < -0.39 is 4.92 Å². The molecule has 0 radical (unpaired) electrons. The van der Waals surface area contributed by atoms with Crippen molar-refractivity contribution < 1.29 is 9.72 Å². The van der Waals surface area contributed by atoms with E-state index in [-0.39, 0.29) is 23.4 Å². The van der Waals surface area contributed by atoms with Crippen LogP contribution in [-0.4, -0.2) is 23.3 Å². The highest BCUT2D eigenvalue weighted by Crippen LogP contribution is 2.21. The third-order valence-corrected chi connectivity index (χ3v) is 3.71. The summed E-state index contributed by atoms with van der Waals surface area (Å²) in [5.41, 5.74) is 0.392. The van der Waals surface area contributed by atoms with Crippen LogP contribution in [0.25, 0.3) is 0 Å². The minimum Gasteiger partial charge on any atom is -0.313 e. The molecule has 2 atom stereocenters. The first kappa shape index (κ1) is 13.7. The minimum atomic E-state index is -0.472. The van der Waals surface area contributed by atoms with Gasteiger partial charge < -0.3 is 5.32 Å². The lowest BCUT2D eigenvalue weighted by Crippen LogP contribution is -2.41. The molecule has 1 aromatic rings. The van der Waals surface area contributed by atoms with E-state index >= 15 is 0 Å². The fourth-order valence-corrected chi connectivity index (χ4v) is 2.52. The van der Waals surface area contributed by atoms with Crippen LogP contribution in [0.2, 0.25) is 0 Å². The van der Waals surface area contributed by atoms with Gasteiger partial charge >= 0.3 is 0 Å². The maximum atomic E-state index is 12.4. The molecule has 5 heteroatoms. The van der Waals surface area contributed by atoms with Crippen molar-refractivity contribution in [3.8, 4) is 0 Å². The lowest BCUT2D eigenvalue weighted by atomic mass is 9.87. The molecule has 19 heavy (non-hydrogen) atoms. The topological polar surface area (TPSA) is 72.2 Å². The number of non-ortho nitro benzene ring substituents is 1. The maximum absolute atomic E-state index is 12.4. The molecule has 1 aliphatic heterocycles. The Labute approximate surface area is 112 Å². The SMILES string of the molecule is CC(C(=O)c1cccc([N+](=O)[O-])c1)C1CCCCN1. The van der Waals surface area contributed by atoms with Crippen LogP contribution in [0, 0.1) is 16.0 Å². The summed E-state index contributed by atoms with van der Waals surface area (Å²) in [6.45, 7) is 2.83. The number of Topliss-reactive ketones (excluding diaryl/α,β-unsaturated/α-hetero) is 1. The maximum Gasteiger partial charge on any atom is 0.270 e. The number of piperidine rings is 1. The van der Waals surface area contributed by atoms with Gasteiger partial charge in [-0.15, -0.1) is 0 Å². The van der Waals surface area contributed by atoms with E-state index in [1.165, 1.54) is 12.1 Å².